The molecular formula is C28H40N4O4. The molecule has 1 atom stereocenters. The van der Waals surface area contributed by atoms with Gasteiger partial charge in [0.05, 0.1) is 32.6 Å². The molecular weight excluding hydrogens is 456 g/mol. The summed E-state index contributed by atoms with van der Waals surface area (Å²) in [5.41, 5.74) is 2.63. The van der Waals surface area contributed by atoms with Crippen LogP contribution in [0.25, 0.3) is 10.9 Å². The standard InChI is InChI=1S/C28H40N4O4/c1-19-18-36-15-14-32(19)22-8-9-24-23(16-22)26(27(29-24)28(34)35-2)30-25(33)17-31-12-10-21(11-13-31)20-6-4-3-5-7-20/h8-9,16,19-21,29H,3-7,10-15,17-18H2,1-2H3,(H,30,33). The molecule has 3 aliphatic rings. The summed E-state index contributed by atoms with van der Waals surface area (Å²) >= 11 is 0. The first-order valence-electron chi connectivity index (χ1n) is 13.6. The molecule has 0 spiro atoms. The second-order valence-corrected chi connectivity index (χ2v) is 10.8. The van der Waals surface area contributed by atoms with Crippen molar-refractivity contribution >= 4 is 34.2 Å². The topological polar surface area (TPSA) is 86.9 Å². The Hall–Kier alpha value is -2.58. The van der Waals surface area contributed by atoms with Gasteiger partial charge in [-0.15, -0.1) is 0 Å². The van der Waals surface area contributed by atoms with Gasteiger partial charge in [-0.1, -0.05) is 32.1 Å². The van der Waals surface area contributed by atoms with E-state index in [0.29, 0.717) is 25.4 Å². The van der Waals surface area contributed by atoms with Crippen molar-refractivity contribution in [3.63, 3.8) is 0 Å². The first-order valence-corrected chi connectivity index (χ1v) is 13.6. The predicted octanol–water partition coefficient (Wildman–Crippen LogP) is 4.41. The summed E-state index contributed by atoms with van der Waals surface area (Å²) in [5, 5.41) is 3.87. The van der Waals surface area contributed by atoms with Gasteiger partial charge in [-0.2, -0.15) is 0 Å². The molecule has 2 N–H and O–H groups in total. The summed E-state index contributed by atoms with van der Waals surface area (Å²) in [7, 11) is 1.36. The van der Waals surface area contributed by atoms with Crippen molar-refractivity contribution in [1.82, 2.24) is 9.88 Å². The van der Waals surface area contributed by atoms with Crippen LogP contribution in [0.2, 0.25) is 0 Å². The SMILES string of the molecule is COC(=O)c1[nH]c2ccc(N3CCOCC3C)cc2c1NC(=O)CN1CCC(C2CCCCC2)CC1. The Morgan fingerprint density at radius 2 is 1.83 bits per heavy atom. The minimum absolute atomic E-state index is 0.0951. The number of nitrogens with zero attached hydrogens (tertiary/aromatic N) is 2. The predicted molar refractivity (Wildman–Crippen MR) is 142 cm³/mol. The maximum absolute atomic E-state index is 13.2. The van der Waals surface area contributed by atoms with E-state index in [0.717, 1.165) is 48.1 Å². The number of carbonyl (C=O) groups excluding carboxylic acids is 2. The van der Waals surface area contributed by atoms with Gasteiger partial charge in [0.2, 0.25) is 5.91 Å². The molecule has 36 heavy (non-hydrogen) atoms. The van der Waals surface area contributed by atoms with Gasteiger partial charge in [-0.05, 0) is 62.9 Å². The Morgan fingerprint density at radius 3 is 2.56 bits per heavy atom. The number of H-pyrrole nitrogens is 1. The molecule has 0 radical (unpaired) electrons. The van der Waals surface area contributed by atoms with Crippen LogP contribution in [-0.4, -0.2) is 74.3 Å². The quantitative estimate of drug-likeness (QED) is 0.576. The third kappa shape index (κ3) is 5.39. The van der Waals surface area contributed by atoms with Crippen molar-refractivity contribution in [2.45, 2.75) is 57.9 Å². The third-order valence-electron chi connectivity index (χ3n) is 8.45. The molecule has 1 aliphatic carbocycles. The number of hydrogen-bond acceptors (Lipinski definition) is 6. The van der Waals surface area contributed by atoms with Gasteiger partial charge in [0.1, 0.15) is 5.69 Å². The number of nitrogens with one attached hydrogen (secondary N) is 2. The average molecular weight is 497 g/mol. The molecule has 2 aromatic rings. The molecule has 1 amide bonds. The minimum Gasteiger partial charge on any atom is -0.464 e. The average Bonchev–Trinajstić information content (AvgIpc) is 3.26. The van der Waals surface area contributed by atoms with E-state index in [9.17, 15) is 9.59 Å². The highest BCUT2D eigenvalue weighted by Gasteiger charge is 2.29. The number of benzene rings is 1. The molecule has 5 rings (SSSR count). The number of aromatic amines is 1. The second kappa shape index (κ2) is 11.2. The number of ether oxygens (including phenoxy) is 2. The van der Waals surface area contributed by atoms with Crippen LogP contribution in [0.1, 0.15) is 62.4 Å². The molecule has 2 aliphatic heterocycles. The molecule has 196 valence electrons. The number of piperidine rings is 1. The highest BCUT2D eigenvalue weighted by atomic mass is 16.5. The molecule has 8 nitrogen and oxygen atoms in total. The number of morpholine rings is 1. The zero-order valence-electron chi connectivity index (χ0n) is 21.7. The van der Waals surface area contributed by atoms with E-state index >= 15 is 0 Å². The van der Waals surface area contributed by atoms with Crippen LogP contribution in [0.3, 0.4) is 0 Å². The van der Waals surface area contributed by atoms with Crippen molar-refractivity contribution in [2.75, 3.05) is 56.7 Å². The summed E-state index contributed by atoms with van der Waals surface area (Å²) < 4.78 is 10.6. The third-order valence-corrected chi connectivity index (χ3v) is 8.45. The lowest BCUT2D eigenvalue weighted by Gasteiger charge is -2.37. The first-order chi connectivity index (χ1) is 17.5. The number of likely N-dealkylation sites (tertiary alicyclic amines) is 1. The number of methoxy groups -OCH3 is 1. The number of amides is 1. The first kappa shape index (κ1) is 25.1. The van der Waals surface area contributed by atoms with Crippen LogP contribution in [-0.2, 0) is 14.3 Å². The van der Waals surface area contributed by atoms with E-state index in [4.69, 9.17) is 9.47 Å². The van der Waals surface area contributed by atoms with Gasteiger partial charge >= 0.3 is 5.97 Å². The second-order valence-electron chi connectivity index (χ2n) is 10.8. The van der Waals surface area contributed by atoms with Crippen LogP contribution in [0.4, 0.5) is 11.4 Å². The molecule has 1 aromatic carbocycles. The molecule has 1 saturated carbocycles. The summed E-state index contributed by atoms with van der Waals surface area (Å²) in [4.78, 5) is 33.4. The maximum Gasteiger partial charge on any atom is 0.356 e. The largest absolute Gasteiger partial charge is 0.464 e. The number of hydrogen-bond donors (Lipinski definition) is 2. The molecule has 8 heteroatoms. The van der Waals surface area contributed by atoms with E-state index in [1.807, 2.05) is 18.2 Å². The summed E-state index contributed by atoms with van der Waals surface area (Å²) in [6.07, 6.45) is 9.28. The molecule has 3 fully saturated rings. The zero-order chi connectivity index (χ0) is 25.1. The highest BCUT2D eigenvalue weighted by Crippen LogP contribution is 2.36. The zero-order valence-corrected chi connectivity index (χ0v) is 21.7. The summed E-state index contributed by atoms with van der Waals surface area (Å²) in [6, 6.07) is 6.31. The van der Waals surface area contributed by atoms with Gasteiger partial charge in [-0.25, -0.2) is 4.79 Å². The van der Waals surface area contributed by atoms with E-state index in [1.165, 1.54) is 52.1 Å². The van der Waals surface area contributed by atoms with Crippen molar-refractivity contribution in [2.24, 2.45) is 11.8 Å². The number of carbonyl (C=O) groups is 2. The summed E-state index contributed by atoms with van der Waals surface area (Å²) in [5.74, 6) is 1.11. The van der Waals surface area contributed by atoms with Crippen molar-refractivity contribution in [1.29, 1.82) is 0 Å². The fourth-order valence-electron chi connectivity index (χ4n) is 6.42. The Kier molecular flexibility index (Phi) is 7.82. The lowest BCUT2D eigenvalue weighted by Crippen LogP contribution is -2.43. The molecule has 0 bridgehead atoms. The smallest absolute Gasteiger partial charge is 0.356 e. The normalized spacial score (nSPS) is 22.6. The van der Waals surface area contributed by atoms with E-state index in [1.54, 1.807) is 0 Å². The fourth-order valence-corrected chi connectivity index (χ4v) is 6.42. The van der Waals surface area contributed by atoms with Gasteiger partial charge in [0, 0.05) is 29.2 Å². The highest BCUT2D eigenvalue weighted by molar-refractivity contribution is 6.11. The van der Waals surface area contributed by atoms with E-state index in [-0.39, 0.29) is 17.6 Å². The number of esters is 1. The number of anilines is 2. The monoisotopic (exact) mass is 496 g/mol. The van der Waals surface area contributed by atoms with Crippen LogP contribution in [0, 0.1) is 11.8 Å². The number of aromatic nitrogens is 1. The lowest BCUT2D eigenvalue weighted by molar-refractivity contribution is -0.117. The Bertz CT molecular complexity index is 1070. The van der Waals surface area contributed by atoms with Gasteiger partial charge < -0.3 is 24.7 Å². The van der Waals surface area contributed by atoms with Crippen LogP contribution < -0.4 is 10.2 Å². The van der Waals surface area contributed by atoms with E-state index < -0.39 is 5.97 Å². The van der Waals surface area contributed by atoms with Crippen molar-refractivity contribution in [3.8, 4) is 0 Å². The van der Waals surface area contributed by atoms with Crippen LogP contribution in [0.15, 0.2) is 18.2 Å². The van der Waals surface area contributed by atoms with Crippen LogP contribution in [0.5, 0.6) is 0 Å². The summed E-state index contributed by atoms with van der Waals surface area (Å²) in [6.45, 7) is 6.57. The van der Waals surface area contributed by atoms with E-state index in [2.05, 4.69) is 27.0 Å². The Morgan fingerprint density at radius 1 is 1.08 bits per heavy atom. The lowest BCUT2D eigenvalue weighted by atomic mass is 9.76. The maximum atomic E-state index is 13.2. The van der Waals surface area contributed by atoms with Gasteiger partial charge in [-0.3, -0.25) is 9.69 Å². The molecule has 3 heterocycles. The molecule has 2 saturated heterocycles. The van der Waals surface area contributed by atoms with Crippen LogP contribution >= 0.6 is 0 Å². The Labute approximate surface area is 213 Å². The molecule has 1 aromatic heterocycles. The number of fused-ring (bicyclic) bond motifs is 1. The minimum atomic E-state index is -0.490. The number of rotatable bonds is 6. The van der Waals surface area contributed by atoms with Gasteiger partial charge in [0.15, 0.2) is 0 Å². The van der Waals surface area contributed by atoms with Crippen molar-refractivity contribution < 1.29 is 19.1 Å². The van der Waals surface area contributed by atoms with Gasteiger partial charge in [0.25, 0.3) is 0 Å². The Balaban J connectivity index is 1.29. The fraction of sp³-hybridized carbons (Fsp3) is 0.643. The van der Waals surface area contributed by atoms with Crippen molar-refractivity contribution in [3.05, 3.63) is 23.9 Å². The molecule has 1 unspecified atom stereocenters.